The zero-order valence-corrected chi connectivity index (χ0v) is 25.1. The highest BCUT2D eigenvalue weighted by molar-refractivity contribution is 7.89. The van der Waals surface area contributed by atoms with Crippen molar-refractivity contribution in [3.8, 4) is 11.3 Å². The normalized spacial score (nSPS) is 12.4. The summed E-state index contributed by atoms with van der Waals surface area (Å²) in [7, 11) is -8.37. The van der Waals surface area contributed by atoms with Crippen LogP contribution in [0.5, 0.6) is 0 Å². The molecule has 14 heteroatoms. The van der Waals surface area contributed by atoms with Crippen LogP contribution < -0.4 is 9.66 Å². The van der Waals surface area contributed by atoms with Crippen LogP contribution in [0.4, 0.5) is 0 Å². The zero-order chi connectivity index (χ0) is 29.9. The van der Waals surface area contributed by atoms with E-state index in [4.69, 9.17) is 39.2 Å². The Hall–Kier alpha value is -3.87. The summed E-state index contributed by atoms with van der Waals surface area (Å²) >= 11 is 19.1. The fourth-order valence-electron chi connectivity index (χ4n) is 3.83. The fourth-order valence-corrected chi connectivity index (χ4v) is 6.78. The Kier molecular flexibility index (Phi) is 8.58. The van der Waals surface area contributed by atoms with Gasteiger partial charge in [0, 0.05) is 17.0 Å². The molecule has 0 saturated heterocycles. The molecule has 1 heterocycles. The molecule has 0 aliphatic carbocycles. The number of nitrogens with zero attached hydrogens (tertiary/aromatic N) is 2. The van der Waals surface area contributed by atoms with Crippen molar-refractivity contribution in [2.45, 2.75) is 9.79 Å². The first-order chi connectivity index (χ1) is 20.0. The summed E-state index contributed by atoms with van der Waals surface area (Å²) in [6.45, 7) is 0. The third-order valence-corrected chi connectivity index (χ3v) is 9.59. The van der Waals surface area contributed by atoms with Crippen LogP contribution >= 0.6 is 34.8 Å². The smallest absolute Gasteiger partial charge is 0.278 e. The molecule has 0 bridgehead atoms. The zero-order valence-electron chi connectivity index (χ0n) is 21.2. The Morgan fingerprint density at radius 1 is 0.643 bits per heavy atom. The molecule has 0 atom stereocenters. The lowest BCUT2D eigenvalue weighted by atomic mass is 10.1. The van der Waals surface area contributed by atoms with Crippen molar-refractivity contribution in [1.29, 1.82) is 0 Å². The van der Waals surface area contributed by atoms with Crippen molar-refractivity contribution in [3.05, 3.63) is 117 Å². The molecule has 0 spiro atoms. The highest BCUT2D eigenvalue weighted by Crippen LogP contribution is 2.41. The first-order valence-electron chi connectivity index (χ1n) is 12.0. The maximum atomic E-state index is 13.0. The van der Waals surface area contributed by atoms with Crippen molar-refractivity contribution in [2.24, 2.45) is 10.2 Å². The average Bonchev–Trinajstić information content (AvgIpc) is 3.28. The summed E-state index contributed by atoms with van der Waals surface area (Å²) in [5.74, 6) is 0.0771. The van der Waals surface area contributed by atoms with E-state index < -0.39 is 20.0 Å². The lowest BCUT2D eigenvalue weighted by Gasteiger charge is -2.07. The molecule has 5 rings (SSSR count). The second-order valence-corrected chi connectivity index (χ2v) is 13.1. The van der Waals surface area contributed by atoms with E-state index in [9.17, 15) is 16.8 Å². The molecule has 4 aromatic carbocycles. The molecule has 9 nitrogen and oxygen atoms in total. The molecule has 0 fully saturated rings. The summed E-state index contributed by atoms with van der Waals surface area (Å²) in [6, 6.07) is 24.5. The highest BCUT2D eigenvalue weighted by atomic mass is 35.5. The average molecular weight is 662 g/mol. The van der Waals surface area contributed by atoms with Crippen molar-refractivity contribution in [3.63, 3.8) is 0 Å². The van der Waals surface area contributed by atoms with E-state index in [-0.39, 0.29) is 47.2 Å². The topological polar surface area (TPSA) is 130 Å². The third-order valence-electron chi connectivity index (χ3n) is 5.83. The van der Waals surface area contributed by atoms with Crippen LogP contribution in [0.2, 0.25) is 15.1 Å². The summed E-state index contributed by atoms with van der Waals surface area (Å²) in [5.41, 5.74) is 1.81. The SMILES string of the molecule is O=S(=O)(N/N=C\c1ccccc1)c1cc(-c2oc3cc(Cl)c(S(=O)(=O)N/N=C/c4ccccc4)cc3c2Cl)ccc1Cl. The first kappa shape index (κ1) is 29.6. The van der Waals surface area contributed by atoms with Gasteiger partial charge in [-0.2, -0.15) is 27.0 Å². The summed E-state index contributed by atoms with van der Waals surface area (Å²) < 4.78 is 57.8. The Labute approximate surface area is 256 Å². The molecule has 42 heavy (non-hydrogen) atoms. The number of furan rings is 1. The summed E-state index contributed by atoms with van der Waals surface area (Å²) in [6.07, 6.45) is 2.70. The number of hydrazone groups is 2. The van der Waals surface area contributed by atoms with Gasteiger partial charge in [-0.05, 0) is 35.4 Å². The highest BCUT2D eigenvalue weighted by Gasteiger charge is 2.24. The van der Waals surface area contributed by atoms with Gasteiger partial charge in [0.2, 0.25) is 0 Å². The van der Waals surface area contributed by atoms with E-state index in [0.717, 1.165) is 0 Å². The number of halogens is 3. The van der Waals surface area contributed by atoms with E-state index in [1.165, 1.54) is 42.8 Å². The van der Waals surface area contributed by atoms with Gasteiger partial charge >= 0.3 is 0 Å². The van der Waals surface area contributed by atoms with Gasteiger partial charge in [-0.25, -0.2) is 9.66 Å². The van der Waals surface area contributed by atoms with Crippen LogP contribution in [0.25, 0.3) is 22.3 Å². The standard InChI is InChI=1S/C28H19Cl3N4O5S2/c29-22-12-11-20(13-25(22)41(36,37)34-32-16-18-7-3-1-4-8-18)28-27(31)21-14-26(23(30)15-24(21)40-28)42(38,39)35-33-17-19-9-5-2-6-10-19/h1-17,34-35H/b32-16-,33-17+. The maximum Gasteiger partial charge on any atom is 0.278 e. The Morgan fingerprint density at radius 3 is 1.71 bits per heavy atom. The largest absolute Gasteiger partial charge is 0.454 e. The van der Waals surface area contributed by atoms with Crippen molar-refractivity contribution >= 4 is 78.2 Å². The van der Waals surface area contributed by atoms with E-state index in [2.05, 4.69) is 19.9 Å². The third kappa shape index (κ3) is 6.45. The maximum absolute atomic E-state index is 13.0. The lowest BCUT2D eigenvalue weighted by molar-refractivity contribution is 0.583. The molecule has 0 aliphatic rings. The fraction of sp³-hybridized carbons (Fsp3) is 0. The molecular weight excluding hydrogens is 643 g/mol. The van der Waals surface area contributed by atoms with Crippen molar-refractivity contribution < 1.29 is 21.3 Å². The molecule has 0 saturated carbocycles. The minimum Gasteiger partial charge on any atom is -0.454 e. The number of hydrogen-bond acceptors (Lipinski definition) is 7. The van der Waals surface area contributed by atoms with E-state index >= 15 is 0 Å². The van der Waals surface area contributed by atoms with Gasteiger partial charge in [0.1, 0.15) is 15.4 Å². The second-order valence-electron chi connectivity index (χ2n) is 8.70. The number of rotatable bonds is 9. The molecule has 0 unspecified atom stereocenters. The van der Waals surface area contributed by atoms with Crippen molar-refractivity contribution in [1.82, 2.24) is 9.66 Å². The Bertz CT molecular complexity index is 2050. The molecule has 2 N–H and O–H groups in total. The first-order valence-corrected chi connectivity index (χ1v) is 16.1. The molecule has 214 valence electrons. The van der Waals surface area contributed by atoms with Gasteiger partial charge in [-0.1, -0.05) is 95.5 Å². The number of sulfonamides is 2. The van der Waals surface area contributed by atoms with Crippen LogP contribution in [0.3, 0.4) is 0 Å². The minimum absolute atomic E-state index is 0.0339. The lowest BCUT2D eigenvalue weighted by Crippen LogP contribution is -2.18. The van der Waals surface area contributed by atoms with Gasteiger partial charge in [0.25, 0.3) is 20.0 Å². The minimum atomic E-state index is -4.18. The molecule has 0 aliphatic heterocycles. The van der Waals surface area contributed by atoms with Gasteiger partial charge in [0.15, 0.2) is 5.76 Å². The molecular formula is C28H19Cl3N4O5S2. The van der Waals surface area contributed by atoms with Crippen LogP contribution in [-0.4, -0.2) is 29.3 Å². The molecule has 0 radical (unpaired) electrons. The van der Waals surface area contributed by atoms with Crippen molar-refractivity contribution in [2.75, 3.05) is 0 Å². The van der Waals surface area contributed by atoms with E-state index in [0.29, 0.717) is 11.1 Å². The quantitative estimate of drug-likeness (QED) is 0.134. The van der Waals surface area contributed by atoms with E-state index in [1.807, 2.05) is 12.1 Å². The number of nitrogens with one attached hydrogen (secondary N) is 2. The Morgan fingerprint density at radius 2 is 1.17 bits per heavy atom. The van der Waals surface area contributed by atoms with Gasteiger partial charge in [0.05, 0.1) is 27.5 Å². The second kappa shape index (κ2) is 12.2. The van der Waals surface area contributed by atoms with Crippen LogP contribution in [0, 0.1) is 0 Å². The molecule has 1 aromatic heterocycles. The van der Waals surface area contributed by atoms with E-state index in [1.54, 1.807) is 48.5 Å². The number of benzene rings is 4. The van der Waals surface area contributed by atoms with Gasteiger partial charge < -0.3 is 4.42 Å². The number of hydrogen-bond donors (Lipinski definition) is 2. The number of fused-ring (bicyclic) bond motifs is 1. The van der Waals surface area contributed by atoms with Crippen LogP contribution in [-0.2, 0) is 20.0 Å². The summed E-state index contributed by atoms with van der Waals surface area (Å²) in [5, 5.41) is 7.67. The van der Waals surface area contributed by atoms with Crippen LogP contribution in [0.1, 0.15) is 11.1 Å². The predicted octanol–water partition coefficient (Wildman–Crippen LogP) is 6.68. The van der Waals surface area contributed by atoms with Crippen LogP contribution in [0.15, 0.2) is 115 Å². The molecule has 0 amide bonds. The Balaban J connectivity index is 1.45. The monoisotopic (exact) mass is 660 g/mol. The summed E-state index contributed by atoms with van der Waals surface area (Å²) in [4.78, 5) is 3.71. The predicted molar refractivity (Wildman–Crippen MR) is 165 cm³/mol. The molecule has 5 aromatic rings. The van der Waals surface area contributed by atoms with Gasteiger partial charge in [-0.15, -0.1) is 0 Å². The van der Waals surface area contributed by atoms with Gasteiger partial charge in [-0.3, -0.25) is 0 Å².